The van der Waals surface area contributed by atoms with Gasteiger partial charge in [0.25, 0.3) is 5.91 Å². The molecule has 3 N–H and O–H groups in total. The molecule has 2 aromatic rings. The van der Waals surface area contributed by atoms with Crippen LogP contribution in [0.3, 0.4) is 0 Å². The maximum absolute atomic E-state index is 13.0. The highest BCUT2D eigenvalue weighted by Crippen LogP contribution is 2.30. The van der Waals surface area contributed by atoms with Crippen LogP contribution >= 0.6 is 0 Å². The number of aliphatic hydroxyl groups is 2. The number of aliphatic hydroxyl groups excluding tert-OH is 1. The molecule has 0 aromatic heterocycles. The fraction of sp³-hybridized carbons (Fsp3) is 0.350. The van der Waals surface area contributed by atoms with Gasteiger partial charge in [0, 0.05) is 6.04 Å². The summed E-state index contributed by atoms with van der Waals surface area (Å²) >= 11 is 0. The molecule has 24 heavy (non-hydrogen) atoms. The molecule has 126 valence electrons. The van der Waals surface area contributed by atoms with Crippen molar-refractivity contribution in [3.05, 3.63) is 71.8 Å². The number of carbonyl (C=O) groups excluding carboxylic acids is 1. The summed E-state index contributed by atoms with van der Waals surface area (Å²) < 4.78 is 0. The van der Waals surface area contributed by atoms with E-state index in [0.717, 1.165) is 12.8 Å². The second-order valence-electron chi connectivity index (χ2n) is 6.42. The predicted octanol–water partition coefficient (Wildman–Crippen LogP) is 2.34. The molecule has 1 fully saturated rings. The molecule has 0 heterocycles. The number of hydrogen-bond acceptors (Lipinski definition) is 3. The number of rotatable bonds is 4. The van der Waals surface area contributed by atoms with Crippen molar-refractivity contribution in [3.63, 3.8) is 0 Å². The Labute approximate surface area is 142 Å². The van der Waals surface area contributed by atoms with Gasteiger partial charge in [0.1, 0.15) is 0 Å². The first kappa shape index (κ1) is 16.7. The number of benzene rings is 2. The number of nitrogens with one attached hydrogen (secondary N) is 1. The molecule has 0 atom stereocenters. The molecule has 4 heteroatoms. The number of amides is 1. The SMILES string of the molecule is O=C(NC1CCC(O)CC1)C(O)(c1ccccc1)c1ccccc1. The van der Waals surface area contributed by atoms with Gasteiger partial charge in [-0.3, -0.25) is 4.79 Å². The van der Waals surface area contributed by atoms with Gasteiger partial charge in [-0.25, -0.2) is 0 Å². The van der Waals surface area contributed by atoms with Gasteiger partial charge in [0.15, 0.2) is 5.60 Å². The van der Waals surface area contributed by atoms with E-state index in [1.54, 1.807) is 24.3 Å². The molecule has 4 nitrogen and oxygen atoms in total. The lowest BCUT2D eigenvalue weighted by Gasteiger charge is -2.32. The van der Waals surface area contributed by atoms with Crippen molar-refractivity contribution >= 4 is 5.91 Å². The first-order chi connectivity index (χ1) is 11.6. The van der Waals surface area contributed by atoms with Crippen LogP contribution < -0.4 is 5.32 Å². The molecule has 3 rings (SSSR count). The molecule has 0 saturated heterocycles. The molecule has 1 amide bonds. The Kier molecular flexibility index (Phi) is 4.97. The Hall–Kier alpha value is -2.17. The quantitative estimate of drug-likeness (QED) is 0.808. The van der Waals surface area contributed by atoms with E-state index in [0.29, 0.717) is 24.0 Å². The van der Waals surface area contributed by atoms with Gasteiger partial charge in [-0.2, -0.15) is 0 Å². The summed E-state index contributed by atoms with van der Waals surface area (Å²) in [6.07, 6.45) is 2.54. The second kappa shape index (κ2) is 7.16. The van der Waals surface area contributed by atoms with Crippen LogP contribution in [-0.4, -0.2) is 28.3 Å². The Balaban J connectivity index is 1.89. The lowest BCUT2D eigenvalue weighted by molar-refractivity contribution is -0.137. The van der Waals surface area contributed by atoms with E-state index in [2.05, 4.69) is 5.32 Å². The van der Waals surface area contributed by atoms with E-state index in [-0.39, 0.29) is 12.1 Å². The van der Waals surface area contributed by atoms with Crippen molar-refractivity contribution in [1.29, 1.82) is 0 Å². The van der Waals surface area contributed by atoms with Crippen LogP contribution in [-0.2, 0) is 10.4 Å². The number of carbonyl (C=O) groups is 1. The third-order valence-electron chi connectivity index (χ3n) is 4.74. The fourth-order valence-electron chi connectivity index (χ4n) is 3.30. The van der Waals surface area contributed by atoms with Crippen LogP contribution in [0.5, 0.6) is 0 Å². The summed E-state index contributed by atoms with van der Waals surface area (Å²) in [5.41, 5.74) is -0.632. The van der Waals surface area contributed by atoms with E-state index in [4.69, 9.17) is 0 Å². The van der Waals surface area contributed by atoms with Crippen molar-refractivity contribution in [2.24, 2.45) is 0 Å². The van der Waals surface area contributed by atoms with Gasteiger partial charge < -0.3 is 15.5 Å². The number of hydrogen-bond donors (Lipinski definition) is 3. The standard InChI is InChI=1S/C20H23NO3/c22-18-13-11-17(12-14-18)21-19(23)20(24,15-7-3-1-4-8-15)16-9-5-2-6-10-16/h1-10,17-18,22,24H,11-14H2,(H,21,23). The van der Waals surface area contributed by atoms with Gasteiger partial charge in [-0.15, -0.1) is 0 Å². The highest BCUT2D eigenvalue weighted by molar-refractivity contribution is 5.90. The largest absolute Gasteiger partial charge is 0.393 e. The molecule has 0 aliphatic heterocycles. The lowest BCUT2D eigenvalue weighted by Crippen LogP contribution is -2.50. The predicted molar refractivity (Wildman–Crippen MR) is 92.3 cm³/mol. The smallest absolute Gasteiger partial charge is 0.261 e. The van der Waals surface area contributed by atoms with E-state index >= 15 is 0 Å². The van der Waals surface area contributed by atoms with Crippen molar-refractivity contribution in [2.45, 2.75) is 43.4 Å². The summed E-state index contributed by atoms with van der Waals surface area (Å²) in [4.78, 5) is 13.0. The monoisotopic (exact) mass is 325 g/mol. The summed E-state index contributed by atoms with van der Waals surface area (Å²) in [7, 11) is 0. The van der Waals surface area contributed by atoms with Gasteiger partial charge in [0.05, 0.1) is 6.10 Å². The van der Waals surface area contributed by atoms with Crippen LogP contribution in [0.4, 0.5) is 0 Å². The Morgan fingerprint density at radius 3 is 1.79 bits per heavy atom. The highest BCUT2D eigenvalue weighted by atomic mass is 16.3. The van der Waals surface area contributed by atoms with Crippen LogP contribution in [0.15, 0.2) is 60.7 Å². The average molecular weight is 325 g/mol. The lowest BCUT2D eigenvalue weighted by atomic mass is 9.84. The Morgan fingerprint density at radius 2 is 1.33 bits per heavy atom. The Morgan fingerprint density at radius 1 is 0.875 bits per heavy atom. The van der Waals surface area contributed by atoms with Crippen LogP contribution in [0.25, 0.3) is 0 Å². The molecule has 0 spiro atoms. The molecular weight excluding hydrogens is 302 g/mol. The van der Waals surface area contributed by atoms with Crippen LogP contribution in [0.1, 0.15) is 36.8 Å². The summed E-state index contributed by atoms with van der Waals surface area (Å²) in [5.74, 6) is -0.415. The molecule has 0 radical (unpaired) electrons. The first-order valence-corrected chi connectivity index (χ1v) is 8.43. The summed E-state index contributed by atoms with van der Waals surface area (Å²) in [6, 6.07) is 18.0. The molecule has 0 bridgehead atoms. The van der Waals surface area contributed by atoms with Crippen molar-refractivity contribution in [2.75, 3.05) is 0 Å². The Bertz CT molecular complexity index is 624. The van der Waals surface area contributed by atoms with E-state index in [1.165, 1.54) is 0 Å². The second-order valence-corrected chi connectivity index (χ2v) is 6.42. The van der Waals surface area contributed by atoms with E-state index in [9.17, 15) is 15.0 Å². The van der Waals surface area contributed by atoms with Gasteiger partial charge in [-0.1, -0.05) is 60.7 Å². The van der Waals surface area contributed by atoms with E-state index < -0.39 is 11.5 Å². The van der Waals surface area contributed by atoms with Crippen LogP contribution in [0.2, 0.25) is 0 Å². The maximum Gasteiger partial charge on any atom is 0.261 e. The normalized spacial score (nSPS) is 21.2. The minimum Gasteiger partial charge on any atom is -0.393 e. The first-order valence-electron chi connectivity index (χ1n) is 8.43. The zero-order valence-corrected chi connectivity index (χ0v) is 13.6. The van der Waals surface area contributed by atoms with Gasteiger partial charge >= 0.3 is 0 Å². The molecular formula is C20H23NO3. The topological polar surface area (TPSA) is 69.6 Å². The van der Waals surface area contributed by atoms with Crippen molar-refractivity contribution < 1.29 is 15.0 Å². The summed E-state index contributed by atoms with van der Waals surface area (Å²) in [5, 5.41) is 23.9. The van der Waals surface area contributed by atoms with Crippen LogP contribution in [0, 0.1) is 0 Å². The minimum absolute atomic E-state index is 0.0140. The fourth-order valence-corrected chi connectivity index (χ4v) is 3.30. The molecule has 1 aliphatic carbocycles. The zero-order chi connectivity index (χ0) is 17.0. The van der Waals surface area contributed by atoms with Gasteiger partial charge in [-0.05, 0) is 36.8 Å². The third kappa shape index (κ3) is 3.35. The third-order valence-corrected chi connectivity index (χ3v) is 4.74. The molecule has 0 unspecified atom stereocenters. The maximum atomic E-state index is 13.0. The highest BCUT2D eigenvalue weighted by Gasteiger charge is 2.40. The zero-order valence-electron chi connectivity index (χ0n) is 13.6. The van der Waals surface area contributed by atoms with Gasteiger partial charge in [0.2, 0.25) is 0 Å². The molecule has 1 saturated carbocycles. The van der Waals surface area contributed by atoms with Crippen molar-refractivity contribution in [1.82, 2.24) is 5.32 Å². The average Bonchev–Trinajstić information content (AvgIpc) is 2.64. The van der Waals surface area contributed by atoms with Crippen molar-refractivity contribution in [3.8, 4) is 0 Å². The molecule has 2 aromatic carbocycles. The summed E-state index contributed by atoms with van der Waals surface area (Å²) in [6.45, 7) is 0. The van der Waals surface area contributed by atoms with E-state index in [1.807, 2.05) is 36.4 Å². The molecule has 1 aliphatic rings. The minimum atomic E-state index is -1.72.